The first-order chi connectivity index (χ1) is 5.37. The van der Waals surface area contributed by atoms with E-state index in [9.17, 15) is 4.79 Å². The van der Waals surface area contributed by atoms with Gasteiger partial charge in [-0.25, -0.2) is 0 Å². The van der Waals surface area contributed by atoms with Crippen LogP contribution in [0.15, 0.2) is 0 Å². The first kappa shape index (κ1) is 11.6. The number of aliphatic hydroxyl groups excluding tert-OH is 1. The summed E-state index contributed by atoms with van der Waals surface area (Å²) in [5, 5.41) is 8.70. The molecule has 0 aliphatic carbocycles. The predicted octanol–water partition coefficient (Wildman–Crippen LogP) is 0.705. The van der Waals surface area contributed by atoms with Gasteiger partial charge in [0.2, 0.25) is 5.91 Å². The first-order valence-electron chi connectivity index (χ1n) is 4.23. The van der Waals surface area contributed by atoms with Gasteiger partial charge in [-0.1, -0.05) is 19.6 Å². The van der Waals surface area contributed by atoms with E-state index in [0.717, 1.165) is 6.17 Å². The molecule has 0 aromatic heterocycles. The van der Waals surface area contributed by atoms with Crippen LogP contribution in [0.5, 0.6) is 0 Å². The molecule has 0 saturated heterocycles. The molecular weight excluding hydrogens is 170 g/mol. The number of hydrogen-bond donors (Lipinski definition) is 1. The summed E-state index contributed by atoms with van der Waals surface area (Å²) in [7, 11) is -1.23. The van der Waals surface area contributed by atoms with Gasteiger partial charge in [0.1, 0.15) is 0 Å². The molecule has 4 heteroatoms. The highest BCUT2D eigenvalue weighted by Crippen LogP contribution is 2.03. The van der Waals surface area contributed by atoms with E-state index in [2.05, 4.69) is 19.6 Å². The maximum Gasteiger partial charge on any atom is 0.219 e. The second-order valence-corrected chi connectivity index (χ2v) is 9.66. The molecule has 0 saturated carbocycles. The molecule has 0 aromatic carbocycles. The van der Waals surface area contributed by atoms with Crippen molar-refractivity contribution in [2.24, 2.45) is 0 Å². The molecule has 0 rings (SSSR count). The molecule has 1 amide bonds. The van der Waals surface area contributed by atoms with Crippen LogP contribution >= 0.6 is 0 Å². The third kappa shape index (κ3) is 5.32. The van der Waals surface area contributed by atoms with Crippen molar-refractivity contribution in [3.05, 3.63) is 0 Å². The molecule has 0 aliphatic rings. The number of amides is 1. The van der Waals surface area contributed by atoms with Crippen LogP contribution < -0.4 is 0 Å². The largest absolute Gasteiger partial charge is 0.395 e. The van der Waals surface area contributed by atoms with Crippen LogP contribution in [0.1, 0.15) is 6.92 Å². The summed E-state index contributed by atoms with van der Waals surface area (Å²) in [5.74, 6) is 0.0616. The van der Waals surface area contributed by atoms with E-state index in [1.807, 2.05) is 0 Å². The van der Waals surface area contributed by atoms with E-state index >= 15 is 0 Å². The van der Waals surface area contributed by atoms with Crippen molar-refractivity contribution < 1.29 is 9.90 Å². The molecule has 12 heavy (non-hydrogen) atoms. The molecule has 1 N–H and O–H groups in total. The highest BCUT2D eigenvalue weighted by Gasteiger charge is 2.19. The maximum absolute atomic E-state index is 11.0. The average molecular weight is 189 g/mol. The third-order valence-electron chi connectivity index (χ3n) is 1.48. The summed E-state index contributed by atoms with van der Waals surface area (Å²) in [4.78, 5) is 12.8. The molecule has 0 heterocycles. The van der Waals surface area contributed by atoms with Crippen molar-refractivity contribution in [3.8, 4) is 0 Å². The van der Waals surface area contributed by atoms with Gasteiger partial charge >= 0.3 is 0 Å². The fraction of sp³-hybridized carbons (Fsp3) is 0.875. The standard InChI is InChI=1S/C8H19NO2Si/c1-8(11)9(5-6-10)7-12(2,3)4/h10H,5-7H2,1-4H3. The lowest BCUT2D eigenvalue weighted by atomic mass is 10.5. The minimum absolute atomic E-state index is 0.0596. The van der Waals surface area contributed by atoms with Gasteiger partial charge in [0.25, 0.3) is 0 Å². The molecule has 0 radical (unpaired) electrons. The molecule has 0 spiro atoms. The van der Waals surface area contributed by atoms with Crippen molar-refractivity contribution in [3.63, 3.8) is 0 Å². The molecular formula is C8H19NO2Si. The molecule has 0 fully saturated rings. The minimum atomic E-state index is -1.23. The van der Waals surface area contributed by atoms with Crippen molar-refractivity contribution in [1.29, 1.82) is 0 Å². The van der Waals surface area contributed by atoms with Gasteiger partial charge in [0, 0.05) is 19.6 Å². The first-order valence-corrected chi connectivity index (χ1v) is 7.94. The van der Waals surface area contributed by atoms with Gasteiger partial charge in [-0.3, -0.25) is 4.79 Å². The number of hydrogen-bond acceptors (Lipinski definition) is 2. The smallest absolute Gasteiger partial charge is 0.219 e. The lowest BCUT2D eigenvalue weighted by molar-refractivity contribution is -0.128. The summed E-state index contributed by atoms with van der Waals surface area (Å²) in [5.41, 5.74) is 0. The Morgan fingerprint density at radius 3 is 2.17 bits per heavy atom. The molecule has 72 valence electrons. The Labute approximate surface area is 75.4 Å². The minimum Gasteiger partial charge on any atom is -0.395 e. The van der Waals surface area contributed by atoms with E-state index in [0.29, 0.717) is 6.54 Å². The van der Waals surface area contributed by atoms with Crippen LogP contribution in [0.2, 0.25) is 19.6 Å². The number of rotatable bonds is 4. The van der Waals surface area contributed by atoms with E-state index < -0.39 is 8.07 Å². The Morgan fingerprint density at radius 2 is 1.92 bits per heavy atom. The third-order valence-corrected chi connectivity index (χ3v) is 2.81. The molecule has 0 aromatic rings. The van der Waals surface area contributed by atoms with Crippen LogP contribution in [-0.4, -0.2) is 43.3 Å². The normalized spacial score (nSPS) is 11.4. The lowest BCUT2D eigenvalue weighted by Crippen LogP contribution is -2.43. The Kier molecular flexibility index (Phi) is 4.48. The van der Waals surface area contributed by atoms with E-state index in [-0.39, 0.29) is 12.5 Å². The van der Waals surface area contributed by atoms with Gasteiger partial charge in [-0.2, -0.15) is 0 Å². The fourth-order valence-electron chi connectivity index (χ4n) is 1.04. The van der Waals surface area contributed by atoms with Gasteiger partial charge in [0.05, 0.1) is 14.7 Å². The van der Waals surface area contributed by atoms with E-state index in [4.69, 9.17) is 5.11 Å². The van der Waals surface area contributed by atoms with Crippen molar-refractivity contribution in [2.45, 2.75) is 26.6 Å². The zero-order chi connectivity index (χ0) is 9.78. The fourth-order valence-corrected chi connectivity index (χ4v) is 2.57. The molecule has 0 aliphatic heterocycles. The SMILES string of the molecule is CC(=O)N(CCO)C[Si](C)(C)C. The Morgan fingerprint density at radius 1 is 1.42 bits per heavy atom. The average Bonchev–Trinajstić information content (AvgIpc) is 1.83. The van der Waals surface area contributed by atoms with Crippen LogP contribution in [-0.2, 0) is 4.79 Å². The summed E-state index contributed by atoms with van der Waals surface area (Å²) < 4.78 is 0. The molecule has 0 unspecified atom stereocenters. The number of carbonyl (C=O) groups is 1. The zero-order valence-electron chi connectivity index (χ0n) is 8.42. The molecule has 0 atom stereocenters. The number of aliphatic hydroxyl groups is 1. The van der Waals surface area contributed by atoms with Gasteiger partial charge in [-0.05, 0) is 0 Å². The summed E-state index contributed by atoms with van der Waals surface area (Å²) in [6.45, 7) is 8.71. The maximum atomic E-state index is 11.0. The van der Waals surface area contributed by atoms with Crippen molar-refractivity contribution >= 4 is 14.0 Å². The molecule has 3 nitrogen and oxygen atoms in total. The zero-order valence-corrected chi connectivity index (χ0v) is 9.42. The van der Waals surface area contributed by atoms with Crippen LogP contribution in [0, 0.1) is 0 Å². The summed E-state index contributed by atoms with van der Waals surface area (Å²) in [6, 6.07) is 0. The number of carbonyl (C=O) groups excluding carboxylic acids is 1. The second kappa shape index (κ2) is 4.62. The van der Waals surface area contributed by atoms with Gasteiger partial charge in [-0.15, -0.1) is 0 Å². The highest BCUT2D eigenvalue weighted by atomic mass is 28.3. The monoisotopic (exact) mass is 189 g/mol. The Hall–Kier alpha value is -0.353. The van der Waals surface area contributed by atoms with Gasteiger partial charge in [0.15, 0.2) is 0 Å². The second-order valence-electron chi connectivity index (χ2n) is 4.22. The van der Waals surface area contributed by atoms with Gasteiger partial charge < -0.3 is 10.0 Å². The van der Waals surface area contributed by atoms with E-state index in [1.165, 1.54) is 0 Å². The van der Waals surface area contributed by atoms with Crippen molar-refractivity contribution in [2.75, 3.05) is 19.3 Å². The molecule has 0 bridgehead atoms. The quantitative estimate of drug-likeness (QED) is 0.662. The Balaban J connectivity index is 4.05. The predicted molar refractivity (Wildman–Crippen MR) is 52.7 cm³/mol. The Bertz CT molecular complexity index is 154. The van der Waals surface area contributed by atoms with Crippen molar-refractivity contribution in [1.82, 2.24) is 4.90 Å². The van der Waals surface area contributed by atoms with Crippen LogP contribution in [0.4, 0.5) is 0 Å². The lowest BCUT2D eigenvalue weighted by Gasteiger charge is -2.27. The summed E-state index contributed by atoms with van der Waals surface area (Å²) in [6.07, 6.45) is 0.836. The van der Waals surface area contributed by atoms with Crippen LogP contribution in [0.25, 0.3) is 0 Å². The topological polar surface area (TPSA) is 40.5 Å². The summed E-state index contributed by atoms with van der Waals surface area (Å²) >= 11 is 0. The highest BCUT2D eigenvalue weighted by molar-refractivity contribution is 6.76. The van der Waals surface area contributed by atoms with E-state index in [1.54, 1.807) is 11.8 Å². The number of nitrogens with zero attached hydrogens (tertiary/aromatic N) is 1. The van der Waals surface area contributed by atoms with Crippen LogP contribution in [0.3, 0.4) is 0 Å².